The minimum absolute atomic E-state index is 0.000639. The number of anilines is 2. The first-order valence-corrected chi connectivity index (χ1v) is 9.22. The summed E-state index contributed by atoms with van der Waals surface area (Å²) < 4.78 is 39.0. The summed E-state index contributed by atoms with van der Waals surface area (Å²) >= 11 is 0. The number of benzene rings is 2. The van der Waals surface area contributed by atoms with Crippen molar-refractivity contribution in [1.82, 2.24) is 0 Å². The topological polar surface area (TPSA) is 58.2 Å². The lowest BCUT2D eigenvalue weighted by atomic mass is 10.1. The van der Waals surface area contributed by atoms with Gasteiger partial charge in [0.2, 0.25) is 10.0 Å². The van der Waals surface area contributed by atoms with E-state index in [9.17, 15) is 12.8 Å². The number of nitrogens with one attached hydrogen (secondary N) is 2. The molecule has 2 N–H and O–H groups in total. The molecule has 2 rings (SSSR count). The van der Waals surface area contributed by atoms with Gasteiger partial charge in [0.15, 0.2) is 0 Å². The van der Waals surface area contributed by atoms with Gasteiger partial charge >= 0.3 is 0 Å². The van der Waals surface area contributed by atoms with Crippen LogP contribution in [0, 0.1) is 12.7 Å². The van der Waals surface area contributed by atoms with E-state index >= 15 is 0 Å². The van der Waals surface area contributed by atoms with Crippen molar-refractivity contribution in [2.24, 2.45) is 0 Å². The molecule has 0 fully saturated rings. The molecule has 124 valence electrons. The first-order valence-electron chi connectivity index (χ1n) is 7.33. The molecule has 0 aliphatic heterocycles. The maximum atomic E-state index is 13.7. The fourth-order valence-electron chi connectivity index (χ4n) is 2.35. The monoisotopic (exact) mass is 336 g/mol. The molecule has 0 saturated heterocycles. The Kier molecular flexibility index (Phi) is 5.26. The molecule has 0 bridgehead atoms. The first kappa shape index (κ1) is 17.3. The Balaban J connectivity index is 2.11. The lowest BCUT2D eigenvalue weighted by Gasteiger charge is -2.17. The van der Waals surface area contributed by atoms with Gasteiger partial charge in [-0.05, 0) is 49.6 Å². The smallest absolute Gasteiger partial charge is 0.229 e. The lowest BCUT2D eigenvalue weighted by Crippen LogP contribution is -2.19. The highest BCUT2D eigenvalue weighted by Gasteiger charge is 2.10. The van der Waals surface area contributed by atoms with E-state index in [1.165, 1.54) is 6.07 Å². The van der Waals surface area contributed by atoms with Crippen molar-refractivity contribution in [3.05, 3.63) is 59.4 Å². The highest BCUT2D eigenvalue weighted by Crippen LogP contribution is 2.22. The maximum absolute atomic E-state index is 13.7. The van der Waals surface area contributed by atoms with E-state index in [-0.39, 0.29) is 11.9 Å². The summed E-state index contributed by atoms with van der Waals surface area (Å²) in [6.07, 6.45) is 1.66. The van der Waals surface area contributed by atoms with Gasteiger partial charge in [0.25, 0.3) is 0 Å². The van der Waals surface area contributed by atoms with E-state index in [2.05, 4.69) is 10.0 Å². The van der Waals surface area contributed by atoms with Crippen LogP contribution in [0.15, 0.2) is 42.5 Å². The van der Waals surface area contributed by atoms with Crippen molar-refractivity contribution in [1.29, 1.82) is 0 Å². The van der Waals surface area contributed by atoms with E-state index in [0.29, 0.717) is 17.7 Å². The zero-order valence-corrected chi connectivity index (χ0v) is 14.2. The molecular weight excluding hydrogens is 315 g/mol. The molecule has 0 aliphatic carbocycles. The summed E-state index contributed by atoms with van der Waals surface area (Å²) in [6, 6.07) is 12.1. The Labute approximate surface area is 136 Å². The number of rotatable bonds is 6. The molecule has 6 heteroatoms. The molecule has 0 amide bonds. The van der Waals surface area contributed by atoms with Gasteiger partial charge in [-0.2, -0.15) is 0 Å². The fourth-order valence-corrected chi connectivity index (χ4v) is 2.97. The number of hydrogen-bond donors (Lipinski definition) is 2. The summed E-state index contributed by atoms with van der Waals surface area (Å²) in [5.74, 6) is -0.218. The molecule has 0 heterocycles. The van der Waals surface area contributed by atoms with Crippen LogP contribution >= 0.6 is 0 Å². The van der Waals surface area contributed by atoms with Crippen LogP contribution < -0.4 is 10.0 Å². The Hall–Kier alpha value is -2.08. The Bertz CT molecular complexity index is 791. The van der Waals surface area contributed by atoms with Crippen molar-refractivity contribution in [2.75, 3.05) is 16.3 Å². The minimum atomic E-state index is -3.33. The highest BCUT2D eigenvalue weighted by atomic mass is 32.2. The third kappa shape index (κ3) is 5.25. The second-order valence-corrected chi connectivity index (χ2v) is 7.49. The van der Waals surface area contributed by atoms with Gasteiger partial charge in [-0.1, -0.05) is 24.3 Å². The van der Waals surface area contributed by atoms with Crippen molar-refractivity contribution in [3.63, 3.8) is 0 Å². The summed E-state index contributed by atoms with van der Waals surface area (Å²) in [6.45, 7) is 3.79. The fraction of sp³-hybridized carbons (Fsp3) is 0.294. The van der Waals surface area contributed by atoms with E-state index in [0.717, 1.165) is 17.5 Å². The molecule has 2 aromatic carbocycles. The molecular formula is C17H21FN2O2S. The van der Waals surface area contributed by atoms with Crippen LogP contribution in [-0.2, 0) is 16.4 Å². The van der Waals surface area contributed by atoms with E-state index in [4.69, 9.17) is 0 Å². The largest absolute Gasteiger partial charge is 0.382 e. The van der Waals surface area contributed by atoms with Crippen molar-refractivity contribution < 1.29 is 12.8 Å². The highest BCUT2D eigenvalue weighted by molar-refractivity contribution is 7.92. The molecule has 0 saturated carbocycles. The molecule has 1 unspecified atom stereocenters. The number of hydrogen-bond acceptors (Lipinski definition) is 3. The minimum Gasteiger partial charge on any atom is -0.382 e. The van der Waals surface area contributed by atoms with Gasteiger partial charge in [0.1, 0.15) is 5.82 Å². The van der Waals surface area contributed by atoms with Crippen molar-refractivity contribution in [2.45, 2.75) is 26.3 Å². The molecule has 0 radical (unpaired) electrons. The van der Waals surface area contributed by atoms with Crippen LogP contribution in [0.5, 0.6) is 0 Å². The second-order valence-electron chi connectivity index (χ2n) is 5.74. The average molecular weight is 336 g/mol. The molecule has 2 aromatic rings. The van der Waals surface area contributed by atoms with Gasteiger partial charge in [0, 0.05) is 11.7 Å². The Morgan fingerprint density at radius 1 is 1.17 bits per heavy atom. The van der Waals surface area contributed by atoms with Crippen molar-refractivity contribution in [3.8, 4) is 0 Å². The summed E-state index contributed by atoms with van der Waals surface area (Å²) in [5.41, 5.74) is 2.80. The summed E-state index contributed by atoms with van der Waals surface area (Å²) in [5, 5.41) is 3.27. The molecule has 23 heavy (non-hydrogen) atoms. The standard InChI is InChI=1S/C17H21FN2O2S/c1-12-8-9-15(11-17(12)20-23(3,21)22)19-13(2)10-14-6-4-5-7-16(14)18/h4-9,11,13,19-20H,10H2,1-3H3. The van der Waals surface area contributed by atoms with Gasteiger partial charge in [-0.25, -0.2) is 12.8 Å². The van der Waals surface area contributed by atoms with Crippen LogP contribution in [0.3, 0.4) is 0 Å². The molecule has 0 aromatic heterocycles. The number of halogens is 1. The Morgan fingerprint density at radius 2 is 1.87 bits per heavy atom. The SMILES string of the molecule is Cc1ccc(NC(C)Cc2ccccc2F)cc1NS(C)(=O)=O. The quantitative estimate of drug-likeness (QED) is 0.848. The zero-order valence-electron chi connectivity index (χ0n) is 13.4. The first-order chi connectivity index (χ1) is 10.7. The second kappa shape index (κ2) is 7.00. The predicted octanol–water partition coefficient (Wildman–Crippen LogP) is 3.55. The third-order valence-electron chi connectivity index (χ3n) is 3.43. The predicted molar refractivity (Wildman–Crippen MR) is 92.8 cm³/mol. The molecule has 0 spiro atoms. The average Bonchev–Trinajstić information content (AvgIpc) is 2.43. The summed E-state index contributed by atoms with van der Waals surface area (Å²) in [4.78, 5) is 0. The zero-order chi connectivity index (χ0) is 17.0. The normalized spacial score (nSPS) is 12.7. The van der Waals surface area contributed by atoms with Crippen LogP contribution in [0.2, 0.25) is 0 Å². The molecule has 0 aliphatic rings. The Morgan fingerprint density at radius 3 is 2.52 bits per heavy atom. The van der Waals surface area contributed by atoms with Gasteiger partial charge in [-0.15, -0.1) is 0 Å². The number of sulfonamides is 1. The number of aryl methyl sites for hydroxylation is 1. The van der Waals surface area contributed by atoms with Gasteiger partial charge in [0.05, 0.1) is 11.9 Å². The van der Waals surface area contributed by atoms with Crippen LogP contribution in [0.4, 0.5) is 15.8 Å². The van der Waals surface area contributed by atoms with Crippen molar-refractivity contribution >= 4 is 21.4 Å². The van der Waals surface area contributed by atoms with E-state index < -0.39 is 10.0 Å². The van der Waals surface area contributed by atoms with Crippen LogP contribution in [0.1, 0.15) is 18.1 Å². The third-order valence-corrected chi connectivity index (χ3v) is 4.02. The van der Waals surface area contributed by atoms with Gasteiger partial charge < -0.3 is 5.32 Å². The summed E-state index contributed by atoms with van der Waals surface area (Å²) in [7, 11) is -3.33. The maximum Gasteiger partial charge on any atom is 0.229 e. The van der Waals surface area contributed by atoms with E-state index in [1.807, 2.05) is 32.0 Å². The lowest BCUT2D eigenvalue weighted by molar-refractivity contribution is 0.601. The van der Waals surface area contributed by atoms with Crippen LogP contribution in [0.25, 0.3) is 0 Å². The van der Waals surface area contributed by atoms with E-state index in [1.54, 1.807) is 18.2 Å². The van der Waals surface area contributed by atoms with Crippen LogP contribution in [-0.4, -0.2) is 20.7 Å². The van der Waals surface area contributed by atoms with Gasteiger partial charge in [-0.3, -0.25) is 4.72 Å². The molecule has 4 nitrogen and oxygen atoms in total. The molecule has 1 atom stereocenters.